The molecule has 1 heterocycles. The number of hydrogen-bond acceptors (Lipinski definition) is 2. The van der Waals surface area contributed by atoms with E-state index in [1.807, 2.05) is 30.3 Å². The van der Waals surface area contributed by atoms with Crippen molar-refractivity contribution in [2.24, 2.45) is 0 Å². The minimum Gasteiger partial charge on any atom is -0.317 e. The summed E-state index contributed by atoms with van der Waals surface area (Å²) >= 11 is 0. The summed E-state index contributed by atoms with van der Waals surface area (Å²) in [7, 11) is 0. The summed E-state index contributed by atoms with van der Waals surface area (Å²) in [4.78, 5) is 25.7. The van der Waals surface area contributed by atoms with Crippen LogP contribution in [0.3, 0.4) is 0 Å². The summed E-state index contributed by atoms with van der Waals surface area (Å²) in [5, 5.41) is 0. The van der Waals surface area contributed by atoms with Gasteiger partial charge < -0.3 is 9.69 Å². The minimum atomic E-state index is -0.0791. The predicted octanol–water partition coefficient (Wildman–Crippen LogP) is 1.52. The Labute approximate surface area is 94.5 Å². The number of benzene rings is 1. The Balaban J connectivity index is 2.16. The minimum absolute atomic E-state index is 0.0791. The van der Waals surface area contributed by atoms with E-state index in [1.165, 1.54) is 0 Å². The smallest absolute Gasteiger partial charge is 0.317 e. The summed E-state index contributed by atoms with van der Waals surface area (Å²) in [6.45, 7) is 1.57. The topological polar surface area (TPSA) is 40.6 Å². The number of rotatable bonds is 3. The van der Waals surface area contributed by atoms with Crippen LogP contribution in [-0.4, -0.2) is 36.9 Å². The summed E-state index contributed by atoms with van der Waals surface area (Å²) in [6, 6.07) is 9.46. The van der Waals surface area contributed by atoms with E-state index >= 15 is 0 Å². The van der Waals surface area contributed by atoms with Gasteiger partial charge in [-0.3, -0.25) is 4.90 Å². The third-order valence-corrected chi connectivity index (χ3v) is 2.67. The lowest BCUT2D eigenvalue weighted by Crippen LogP contribution is -2.50. The Morgan fingerprint density at radius 3 is 2.62 bits per heavy atom. The Morgan fingerprint density at radius 1 is 1.19 bits per heavy atom. The molecule has 1 aliphatic heterocycles. The number of nitrogens with zero attached hydrogens (tertiary/aromatic N) is 2. The highest BCUT2D eigenvalue weighted by atomic mass is 16.2. The average molecular weight is 218 g/mol. The Morgan fingerprint density at radius 2 is 1.94 bits per heavy atom. The van der Waals surface area contributed by atoms with Gasteiger partial charge >= 0.3 is 6.03 Å². The molecule has 0 N–H and O–H groups in total. The van der Waals surface area contributed by atoms with Gasteiger partial charge in [0.15, 0.2) is 0 Å². The van der Waals surface area contributed by atoms with Gasteiger partial charge in [-0.2, -0.15) is 0 Å². The van der Waals surface area contributed by atoms with Gasteiger partial charge in [-0.25, -0.2) is 4.79 Å². The van der Waals surface area contributed by atoms with Crippen LogP contribution in [0, 0.1) is 0 Å². The number of aldehydes is 1. The van der Waals surface area contributed by atoms with Gasteiger partial charge in [-0.05, 0) is 18.6 Å². The molecule has 2 rings (SSSR count). The Kier molecular flexibility index (Phi) is 3.19. The quantitative estimate of drug-likeness (QED) is 0.722. The van der Waals surface area contributed by atoms with E-state index in [-0.39, 0.29) is 12.6 Å². The van der Waals surface area contributed by atoms with Crippen molar-refractivity contribution in [1.29, 1.82) is 0 Å². The lowest BCUT2D eigenvalue weighted by molar-refractivity contribution is -0.108. The number of amides is 2. The third kappa shape index (κ3) is 2.05. The van der Waals surface area contributed by atoms with Gasteiger partial charge in [0.1, 0.15) is 6.29 Å². The molecule has 0 atom stereocenters. The predicted molar refractivity (Wildman–Crippen MR) is 61.4 cm³/mol. The number of hydrogen-bond donors (Lipinski definition) is 0. The molecule has 0 radical (unpaired) electrons. The first-order chi connectivity index (χ1) is 7.83. The van der Waals surface area contributed by atoms with Crippen LogP contribution in [0.25, 0.3) is 0 Å². The zero-order chi connectivity index (χ0) is 11.4. The Bertz CT molecular complexity index is 378. The molecule has 1 saturated heterocycles. The van der Waals surface area contributed by atoms with Crippen molar-refractivity contribution < 1.29 is 9.59 Å². The van der Waals surface area contributed by atoms with E-state index in [1.54, 1.807) is 9.80 Å². The molecule has 0 aliphatic carbocycles. The van der Waals surface area contributed by atoms with Crippen LogP contribution < -0.4 is 4.90 Å². The van der Waals surface area contributed by atoms with Gasteiger partial charge in [-0.15, -0.1) is 0 Å². The van der Waals surface area contributed by atoms with E-state index < -0.39 is 0 Å². The molecular weight excluding hydrogens is 204 g/mol. The lowest BCUT2D eigenvalue weighted by atomic mass is 10.2. The molecular formula is C12H14N2O2. The molecule has 1 aliphatic rings. The van der Waals surface area contributed by atoms with E-state index in [2.05, 4.69) is 0 Å². The highest BCUT2D eigenvalue weighted by molar-refractivity contribution is 5.93. The van der Waals surface area contributed by atoms with Crippen LogP contribution in [0.5, 0.6) is 0 Å². The SMILES string of the molecule is O=CCN1CCCN(c2ccccc2)C1=O. The summed E-state index contributed by atoms with van der Waals surface area (Å²) in [6.07, 6.45) is 1.67. The maximum atomic E-state index is 12.0. The van der Waals surface area contributed by atoms with Crippen molar-refractivity contribution in [3.63, 3.8) is 0 Å². The second-order valence-corrected chi connectivity index (χ2v) is 3.74. The second kappa shape index (κ2) is 4.79. The zero-order valence-electron chi connectivity index (χ0n) is 9.00. The van der Waals surface area contributed by atoms with Crippen molar-refractivity contribution in [2.45, 2.75) is 6.42 Å². The van der Waals surface area contributed by atoms with Crippen molar-refractivity contribution in [2.75, 3.05) is 24.5 Å². The lowest BCUT2D eigenvalue weighted by Gasteiger charge is -2.34. The molecule has 84 valence electrons. The number of carbonyl (C=O) groups is 2. The molecule has 1 aromatic rings. The number of anilines is 1. The first-order valence-electron chi connectivity index (χ1n) is 5.38. The highest BCUT2D eigenvalue weighted by Gasteiger charge is 2.25. The maximum Gasteiger partial charge on any atom is 0.324 e. The zero-order valence-corrected chi connectivity index (χ0v) is 9.00. The van der Waals surface area contributed by atoms with Gasteiger partial charge in [-0.1, -0.05) is 18.2 Å². The normalized spacial score (nSPS) is 16.4. The maximum absolute atomic E-state index is 12.0. The van der Waals surface area contributed by atoms with Gasteiger partial charge in [0.25, 0.3) is 0 Å². The highest BCUT2D eigenvalue weighted by Crippen LogP contribution is 2.18. The van der Waals surface area contributed by atoms with Gasteiger partial charge in [0.05, 0.1) is 6.54 Å². The third-order valence-electron chi connectivity index (χ3n) is 2.67. The van der Waals surface area contributed by atoms with Crippen LogP contribution in [0.4, 0.5) is 10.5 Å². The average Bonchev–Trinajstić information content (AvgIpc) is 2.33. The molecule has 0 aromatic heterocycles. The second-order valence-electron chi connectivity index (χ2n) is 3.74. The fourth-order valence-electron chi connectivity index (χ4n) is 1.89. The van der Waals surface area contributed by atoms with Crippen LogP contribution in [0.2, 0.25) is 0 Å². The molecule has 1 fully saturated rings. The van der Waals surface area contributed by atoms with Crippen molar-refractivity contribution in [3.05, 3.63) is 30.3 Å². The van der Waals surface area contributed by atoms with E-state index in [9.17, 15) is 9.59 Å². The van der Waals surface area contributed by atoms with Crippen molar-refractivity contribution >= 4 is 18.0 Å². The summed E-state index contributed by atoms with van der Waals surface area (Å²) in [5.41, 5.74) is 0.892. The summed E-state index contributed by atoms with van der Waals surface area (Å²) < 4.78 is 0. The molecule has 2 amide bonds. The number of para-hydroxylation sites is 1. The van der Waals surface area contributed by atoms with Crippen molar-refractivity contribution in [1.82, 2.24) is 4.90 Å². The molecule has 1 aromatic carbocycles. The van der Waals surface area contributed by atoms with E-state index in [4.69, 9.17) is 0 Å². The molecule has 0 unspecified atom stereocenters. The molecule has 16 heavy (non-hydrogen) atoms. The molecule has 4 nitrogen and oxygen atoms in total. The Hall–Kier alpha value is -1.84. The standard InChI is InChI=1S/C12H14N2O2/c15-10-9-13-7-4-8-14(12(13)16)11-5-2-1-3-6-11/h1-3,5-6,10H,4,7-9H2. The number of carbonyl (C=O) groups excluding carboxylic acids is 2. The van der Waals surface area contributed by atoms with E-state index in [0.29, 0.717) is 6.54 Å². The number of urea groups is 1. The van der Waals surface area contributed by atoms with Crippen LogP contribution in [0.1, 0.15) is 6.42 Å². The largest absolute Gasteiger partial charge is 0.324 e. The van der Waals surface area contributed by atoms with Crippen LogP contribution in [-0.2, 0) is 4.79 Å². The fraction of sp³-hybridized carbons (Fsp3) is 0.333. The van der Waals surface area contributed by atoms with Gasteiger partial charge in [0.2, 0.25) is 0 Å². The van der Waals surface area contributed by atoms with Gasteiger partial charge in [0, 0.05) is 18.8 Å². The summed E-state index contributed by atoms with van der Waals surface area (Å²) in [5.74, 6) is 0. The van der Waals surface area contributed by atoms with E-state index in [0.717, 1.165) is 24.9 Å². The molecule has 0 saturated carbocycles. The van der Waals surface area contributed by atoms with Crippen LogP contribution >= 0.6 is 0 Å². The molecule has 4 heteroatoms. The fourth-order valence-corrected chi connectivity index (χ4v) is 1.89. The molecule has 0 spiro atoms. The first-order valence-corrected chi connectivity index (χ1v) is 5.38. The molecule has 0 bridgehead atoms. The van der Waals surface area contributed by atoms with Crippen molar-refractivity contribution in [3.8, 4) is 0 Å². The van der Waals surface area contributed by atoms with Crippen LogP contribution in [0.15, 0.2) is 30.3 Å². The monoisotopic (exact) mass is 218 g/mol. The first kappa shape index (κ1) is 10.7.